The Bertz CT molecular complexity index is 920. The lowest BCUT2D eigenvalue weighted by Crippen LogP contribution is -2.45. The van der Waals surface area contributed by atoms with Gasteiger partial charge in [-0.1, -0.05) is 19.9 Å². The van der Waals surface area contributed by atoms with Crippen LogP contribution in [-0.2, 0) is 5.67 Å². The predicted molar refractivity (Wildman–Crippen MR) is 107 cm³/mol. The minimum Gasteiger partial charge on any atom is -0.314 e. The van der Waals surface area contributed by atoms with Crippen LogP contribution in [0.3, 0.4) is 0 Å². The number of nitrogens with zero attached hydrogens (tertiary/aromatic N) is 3. The third kappa shape index (κ3) is 3.21. The van der Waals surface area contributed by atoms with Gasteiger partial charge in [0.05, 0.1) is 17.1 Å². The minimum atomic E-state index is -1.39. The highest BCUT2D eigenvalue weighted by Gasteiger charge is 2.39. The molecule has 0 bridgehead atoms. The second kappa shape index (κ2) is 6.76. The summed E-state index contributed by atoms with van der Waals surface area (Å²) in [6, 6.07) is 9.57. The maximum absolute atomic E-state index is 15.8. The van der Waals surface area contributed by atoms with E-state index in [4.69, 9.17) is 0 Å². The van der Waals surface area contributed by atoms with Gasteiger partial charge in [0.1, 0.15) is 0 Å². The summed E-state index contributed by atoms with van der Waals surface area (Å²) in [6.45, 7) is 5.02. The third-order valence-electron chi connectivity index (χ3n) is 5.07. The summed E-state index contributed by atoms with van der Waals surface area (Å²) in [4.78, 5) is 8.91. The zero-order valence-electron chi connectivity index (χ0n) is 15.2. The first kappa shape index (κ1) is 17.1. The Balaban J connectivity index is 0.00000140. The molecule has 6 heteroatoms. The molecule has 1 fully saturated rings. The summed E-state index contributed by atoms with van der Waals surface area (Å²) in [6.07, 6.45) is 3.59. The summed E-state index contributed by atoms with van der Waals surface area (Å²) in [5, 5.41) is 11.6. The molecule has 2 atom stereocenters. The number of aromatic nitrogens is 4. The lowest BCUT2D eigenvalue weighted by atomic mass is 9.83. The smallest absolute Gasteiger partial charge is 0.181 e. The number of H-pyrrole nitrogens is 1. The zero-order valence-corrected chi connectivity index (χ0v) is 15.2. The number of hydrogen-bond acceptors (Lipinski definition) is 4. The molecule has 1 unspecified atom stereocenters. The maximum atomic E-state index is 15.8. The standard InChI is InChI=1S/C20H24FN5.3H2/c1-13(2)11-14-12-20(21,8-10-22-14)17-7-3-6-16(24-17)18-15-5-4-9-23-19(15)26-25-18;;;/h3-7,9,13-14,22H,8,10-12H2,1-2H3,(H,23,25,26);3*1H/t14-,20?;;;/m0.../s1. The minimum absolute atomic E-state index is 0. The summed E-state index contributed by atoms with van der Waals surface area (Å²) in [5.41, 5.74) is 1.25. The van der Waals surface area contributed by atoms with E-state index >= 15 is 4.39 Å². The van der Waals surface area contributed by atoms with Crippen molar-refractivity contribution in [3.05, 3.63) is 42.2 Å². The molecule has 0 aromatic carbocycles. The Morgan fingerprint density at radius 1 is 1.31 bits per heavy atom. The van der Waals surface area contributed by atoms with Crippen LogP contribution in [0.15, 0.2) is 36.5 Å². The van der Waals surface area contributed by atoms with Crippen LogP contribution in [-0.4, -0.2) is 32.8 Å². The number of halogens is 1. The van der Waals surface area contributed by atoms with Crippen LogP contribution in [0.5, 0.6) is 0 Å². The quantitative estimate of drug-likeness (QED) is 0.707. The summed E-state index contributed by atoms with van der Waals surface area (Å²) >= 11 is 0. The Morgan fingerprint density at radius 2 is 2.19 bits per heavy atom. The van der Waals surface area contributed by atoms with Crippen molar-refractivity contribution in [3.8, 4) is 11.4 Å². The third-order valence-corrected chi connectivity index (χ3v) is 5.07. The number of hydrogen-bond donors (Lipinski definition) is 2. The first-order valence-corrected chi connectivity index (χ1v) is 9.24. The topological polar surface area (TPSA) is 66.5 Å². The monoisotopic (exact) mass is 359 g/mol. The van der Waals surface area contributed by atoms with E-state index in [0.717, 1.165) is 17.5 Å². The lowest BCUT2D eigenvalue weighted by molar-refractivity contribution is 0.0803. The molecule has 1 saturated heterocycles. The Kier molecular flexibility index (Phi) is 4.44. The van der Waals surface area contributed by atoms with Gasteiger partial charge in [0.25, 0.3) is 0 Å². The van der Waals surface area contributed by atoms with E-state index in [9.17, 15) is 0 Å². The molecule has 3 aromatic rings. The van der Waals surface area contributed by atoms with Crippen LogP contribution in [0.2, 0.25) is 0 Å². The van der Waals surface area contributed by atoms with Gasteiger partial charge in [-0.2, -0.15) is 5.10 Å². The highest BCUT2D eigenvalue weighted by Crippen LogP contribution is 2.38. The normalized spacial score (nSPS) is 23.6. The van der Waals surface area contributed by atoms with Gasteiger partial charge in [0.2, 0.25) is 0 Å². The van der Waals surface area contributed by atoms with Gasteiger partial charge in [-0.3, -0.25) is 5.10 Å². The molecule has 0 amide bonds. The van der Waals surface area contributed by atoms with Crippen molar-refractivity contribution in [1.29, 1.82) is 0 Å². The fourth-order valence-electron chi connectivity index (χ4n) is 3.88. The van der Waals surface area contributed by atoms with E-state index in [1.807, 2.05) is 24.3 Å². The number of pyridine rings is 2. The molecule has 1 aliphatic rings. The van der Waals surface area contributed by atoms with Crippen LogP contribution >= 0.6 is 0 Å². The Labute approximate surface area is 156 Å². The maximum Gasteiger partial charge on any atom is 0.181 e. The second-order valence-corrected chi connectivity index (χ2v) is 7.58. The molecule has 0 saturated carbocycles. The van der Waals surface area contributed by atoms with Gasteiger partial charge in [-0.25, -0.2) is 14.4 Å². The van der Waals surface area contributed by atoms with Crippen molar-refractivity contribution in [2.75, 3.05) is 6.54 Å². The molecule has 3 aromatic heterocycles. The highest BCUT2D eigenvalue weighted by molar-refractivity contribution is 5.89. The highest BCUT2D eigenvalue weighted by atomic mass is 19.1. The van der Waals surface area contributed by atoms with Crippen LogP contribution < -0.4 is 5.32 Å². The Hall–Kier alpha value is -2.34. The molecule has 0 radical (unpaired) electrons. The predicted octanol–water partition coefficient (Wildman–Crippen LogP) is 4.72. The molecule has 2 N–H and O–H groups in total. The van der Waals surface area contributed by atoms with Gasteiger partial charge in [0, 0.05) is 28.3 Å². The summed E-state index contributed by atoms with van der Waals surface area (Å²) in [5.74, 6) is 0.540. The van der Waals surface area contributed by atoms with Crippen molar-refractivity contribution >= 4 is 11.0 Å². The van der Waals surface area contributed by atoms with Gasteiger partial charge in [0.15, 0.2) is 11.3 Å². The lowest BCUT2D eigenvalue weighted by Gasteiger charge is -2.36. The first-order chi connectivity index (χ1) is 12.5. The zero-order chi connectivity index (χ0) is 18.1. The van der Waals surface area contributed by atoms with Gasteiger partial charge >= 0.3 is 0 Å². The van der Waals surface area contributed by atoms with Crippen molar-refractivity contribution in [2.45, 2.75) is 44.8 Å². The fraction of sp³-hybridized carbons (Fsp3) is 0.450. The summed E-state index contributed by atoms with van der Waals surface area (Å²) in [7, 11) is 0. The molecular weight excluding hydrogens is 329 g/mol. The van der Waals surface area contributed by atoms with E-state index in [0.29, 0.717) is 42.3 Å². The molecule has 0 aliphatic carbocycles. The van der Waals surface area contributed by atoms with Crippen LogP contribution in [0, 0.1) is 5.92 Å². The number of piperidine rings is 1. The van der Waals surface area contributed by atoms with Gasteiger partial charge < -0.3 is 5.32 Å². The largest absolute Gasteiger partial charge is 0.314 e. The van der Waals surface area contributed by atoms with Gasteiger partial charge in [-0.15, -0.1) is 0 Å². The second-order valence-electron chi connectivity index (χ2n) is 7.58. The fourth-order valence-corrected chi connectivity index (χ4v) is 3.88. The first-order valence-electron chi connectivity index (χ1n) is 9.24. The van der Waals surface area contributed by atoms with Crippen LogP contribution in [0.1, 0.15) is 43.1 Å². The average molecular weight is 359 g/mol. The van der Waals surface area contributed by atoms with Crippen molar-refractivity contribution in [3.63, 3.8) is 0 Å². The van der Waals surface area contributed by atoms with E-state index in [1.54, 1.807) is 12.3 Å². The number of alkyl halides is 1. The molecule has 26 heavy (non-hydrogen) atoms. The van der Waals surface area contributed by atoms with Crippen molar-refractivity contribution < 1.29 is 8.67 Å². The molecule has 5 nitrogen and oxygen atoms in total. The number of aromatic amines is 1. The summed E-state index contributed by atoms with van der Waals surface area (Å²) < 4.78 is 15.8. The van der Waals surface area contributed by atoms with Crippen LogP contribution in [0.25, 0.3) is 22.4 Å². The van der Waals surface area contributed by atoms with Crippen molar-refractivity contribution in [2.24, 2.45) is 5.92 Å². The van der Waals surface area contributed by atoms with E-state index in [-0.39, 0.29) is 10.3 Å². The van der Waals surface area contributed by atoms with Crippen LogP contribution in [0.4, 0.5) is 4.39 Å². The van der Waals surface area contributed by atoms with Gasteiger partial charge in [-0.05, 0) is 49.6 Å². The number of rotatable bonds is 4. The number of fused-ring (bicyclic) bond motifs is 1. The van der Waals surface area contributed by atoms with E-state index < -0.39 is 5.67 Å². The molecule has 142 valence electrons. The SMILES string of the molecule is CC(C)C[C@H]1CC(F)(c2cccc(-c3[nH]nc4ncccc34)n2)CCN1.[HH].[HH].[HH]. The average Bonchev–Trinajstić information content (AvgIpc) is 3.05. The molecule has 0 spiro atoms. The van der Waals surface area contributed by atoms with E-state index in [1.165, 1.54) is 0 Å². The molecular formula is C20H30FN5. The molecule has 4 heterocycles. The molecule has 4 rings (SSSR count). The Morgan fingerprint density at radius 3 is 3.04 bits per heavy atom. The van der Waals surface area contributed by atoms with E-state index in [2.05, 4.69) is 39.3 Å². The number of nitrogens with one attached hydrogen (secondary N) is 2. The molecule has 1 aliphatic heterocycles. The van der Waals surface area contributed by atoms with Crippen molar-refractivity contribution in [1.82, 2.24) is 25.5 Å².